The van der Waals surface area contributed by atoms with Gasteiger partial charge in [-0.05, 0) is 25.0 Å². The van der Waals surface area contributed by atoms with Crippen LogP contribution in [0.5, 0.6) is 11.5 Å². The maximum atomic E-state index is 13.0. The van der Waals surface area contributed by atoms with Crippen molar-refractivity contribution in [3.05, 3.63) is 34.5 Å². The Labute approximate surface area is 162 Å². The minimum Gasteiger partial charge on any atom is -0.454 e. The number of urea groups is 1. The largest absolute Gasteiger partial charge is 0.454 e. The molecule has 0 aliphatic carbocycles. The smallest absolute Gasteiger partial charge is 0.451 e. The van der Waals surface area contributed by atoms with E-state index in [1.807, 2.05) is 0 Å². The number of carbonyl (C=O) groups excluding carboxylic acids is 1. The van der Waals surface area contributed by atoms with Crippen LogP contribution in [0.25, 0.3) is 0 Å². The van der Waals surface area contributed by atoms with Gasteiger partial charge in [-0.25, -0.2) is 14.3 Å². The van der Waals surface area contributed by atoms with Gasteiger partial charge in [0, 0.05) is 31.9 Å². The van der Waals surface area contributed by atoms with E-state index in [4.69, 9.17) is 9.47 Å². The molecule has 12 heteroatoms. The number of likely N-dealkylation sites (tertiary alicyclic amines) is 1. The van der Waals surface area contributed by atoms with Crippen LogP contribution in [-0.2, 0) is 13.2 Å². The summed E-state index contributed by atoms with van der Waals surface area (Å²) in [4.78, 5) is 26.1. The first-order valence-corrected chi connectivity index (χ1v) is 8.92. The highest BCUT2D eigenvalue weighted by Gasteiger charge is 2.39. The molecule has 3 heterocycles. The summed E-state index contributed by atoms with van der Waals surface area (Å²) >= 11 is 0. The van der Waals surface area contributed by atoms with Crippen molar-refractivity contribution >= 4 is 11.7 Å². The molecule has 0 bridgehead atoms. The average molecular weight is 413 g/mol. The monoisotopic (exact) mass is 413 g/mol. The molecule has 29 heavy (non-hydrogen) atoms. The van der Waals surface area contributed by atoms with E-state index in [2.05, 4.69) is 10.4 Å². The van der Waals surface area contributed by atoms with Crippen molar-refractivity contribution in [2.75, 3.05) is 25.2 Å². The lowest BCUT2D eigenvalue weighted by Crippen LogP contribution is -2.43. The van der Waals surface area contributed by atoms with Crippen LogP contribution in [0.2, 0.25) is 0 Å². The van der Waals surface area contributed by atoms with Crippen LogP contribution in [0.3, 0.4) is 0 Å². The zero-order valence-corrected chi connectivity index (χ0v) is 15.4. The van der Waals surface area contributed by atoms with Crippen molar-refractivity contribution < 1.29 is 27.4 Å². The quantitative estimate of drug-likeness (QED) is 0.815. The van der Waals surface area contributed by atoms with E-state index in [1.165, 1.54) is 0 Å². The molecule has 1 N–H and O–H groups in total. The number of fused-ring (bicyclic) bond motifs is 1. The van der Waals surface area contributed by atoms with Crippen molar-refractivity contribution in [3.8, 4) is 11.5 Å². The Kier molecular flexibility index (Phi) is 4.63. The second-order valence-corrected chi connectivity index (χ2v) is 6.82. The van der Waals surface area contributed by atoms with Crippen LogP contribution in [0.1, 0.15) is 24.7 Å². The normalized spacial score (nSPS) is 16.9. The van der Waals surface area contributed by atoms with E-state index in [9.17, 15) is 22.8 Å². The highest BCUT2D eigenvalue weighted by atomic mass is 19.4. The first kappa shape index (κ1) is 19.2. The Balaban J connectivity index is 1.39. The Bertz CT molecular complexity index is 992. The van der Waals surface area contributed by atoms with E-state index >= 15 is 0 Å². The maximum absolute atomic E-state index is 13.0. The molecule has 1 saturated heterocycles. The third-order valence-corrected chi connectivity index (χ3v) is 4.98. The number of hydrogen-bond donors (Lipinski definition) is 1. The Morgan fingerprint density at radius 3 is 2.55 bits per heavy atom. The molecule has 2 aromatic rings. The number of nitrogens with zero attached hydrogens (tertiary/aromatic N) is 4. The van der Waals surface area contributed by atoms with Gasteiger partial charge >= 0.3 is 17.9 Å². The van der Waals surface area contributed by atoms with Crippen molar-refractivity contribution in [1.82, 2.24) is 19.2 Å². The summed E-state index contributed by atoms with van der Waals surface area (Å²) in [7, 11) is 1.04. The molecule has 4 rings (SSSR count). The van der Waals surface area contributed by atoms with Crippen LogP contribution in [-0.4, -0.2) is 45.2 Å². The van der Waals surface area contributed by atoms with Crippen LogP contribution in [0.4, 0.5) is 23.7 Å². The lowest BCUT2D eigenvalue weighted by molar-refractivity contribution is -0.147. The average Bonchev–Trinajstić information content (AvgIpc) is 3.26. The van der Waals surface area contributed by atoms with Gasteiger partial charge < -0.3 is 19.7 Å². The van der Waals surface area contributed by atoms with Crippen molar-refractivity contribution in [3.63, 3.8) is 0 Å². The molecule has 1 fully saturated rings. The minimum atomic E-state index is -4.70. The number of anilines is 1. The van der Waals surface area contributed by atoms with Crippen LogP contribution in [0, 0.1) is 0 Å². The van der Waals surface area contributed by atoms with Gasteiger partial charge in [0.05, 0.1) is 6.04 Å². The summed E-state index contributed by atoms with van der Waals surface area (Å²) in [5.41, 5.74) is -0.280. The van der Waals surface area contributed by atoms with Gasteiger partial charge in [-0.1, -0.05) is 0 Å². The van der Waals surface area contributed by atoms with Crippen LogP contribution in [0.15, 0.2) is 23.0 Å². The lowest BCUT2D eigenvalue weighted by atomic mass is 10.1. The highest BCUT2D eigenvalue weighted by Crippen LogP contribution is 2.34. The second-order valence-electron chi connectivity index (χ2n) is 6.82. The predicted octanol–water partition coefficient (Wildman–Crippen LogP) is 2.20. The number of hydrogen-bond acceptors (Lipinski definition) is 5. The number of piperidine rings is 1. The number of rotatable bonds is 2. The number of nitrogens with one attached hydrogen (secondary N) is 1. The summed E-state index contributed by atoms with van der Waals surface area (Å²) < 4.78 is 50.7. The maximum Gasteiger partial charge on any atom is 0.451 e. The van der Waals surface area contributed by atoms with Crippen molar-refractivity contribution in [2.45, 2.75) is 25.1 Å². The molecule has 0 unspecified atom stereocenters. The second kappa shape index (κ2) is 7.01. The Morgan fingerprint density at radius 2 is 1.90 bits per heavy atom. The third-order valence-electron chi connectivity index (χ3n) is 4.98. The van der Waals surface area contributed by atoms with Crippen molar-refractivity contribution in [1.29, 1.82) is 0 Å². The number of aromatic nitrogens is 3. The summed E-state index contributed by atoms with van der Waals surface area (Å²) in [5, 5.41) is 6.23. The first-order chi connectivity index (χ1) is 13.7. The molecule has 2 aliphatic heterocycles. The van der Waals surface area contributed by atoms with Gasteiger partial charge in [-0.15, -0.1) is 5.10 Å². The number of ether oxygens (including phenoxy) is 2. The highest BCUT2D eigenvalue weighted by molar-refractivity contribution is 5.89. The third kappa shape index (κ3) is 3.61. The molecule has 1 aromatic carbocycles. The lowest BCUT2D eigenvalue weighted by Gasteiger charge is -2.31. The van der Waals surface area contributed by atoms with Crippen molar-refractivity contribution in [2.24, 2.45) is 7.05 Å². The first-order valence-electron chi connectivity index (χ1n) is 8.92. The van der Waals surface area contributed by atoms with E-state index < -0.39 is 23.7 Å². The molecule has 156 valence electrons. The molecule has 0 saturated carbocycles. The number of benzene rings is 1. The SMILES string of the molecule is Cn1c(C(F)(F)F)nn(C2CCN(C(=O)Nc3ccc4c(c3)OCO4)CC2)c1=O. The van der Waals surface area contributed by atoms with Gasteiger partial charge in [0.25, 0.3) is 0 Å². The van der Waals surface area contributed by atoms with Gasteiger partial charge in [-0.2, -0.15) is 13.2 Å². The van der Waals surface area contributed by atoms with Gasteiger partial charge in [0.1, 0.15) is 0 Å². The molecular weight excluding hydrogens is 395 g/mol. The molecule has 2 aliphatic rings. The topological polar surface area (TPSA) is 90.6 Å². The van der Waals surface area contributed by atoms with Crippen LogP contribution < -0.4 is 20.5 Å². The zero-order chi connectivity index (χ0) is 20.8. The molecule has 1 aromatic heterocycles. The fourth-order valence-electron chi connectivity index (χ4n) is 3.43. The molecule has 0 spiro atoms. The van der Waals surface area contributed by atoms with E-state index in [-0.39, 0.29) is 25.9 Å². The predicted molar refractivity (Wildman–Crippen MR) is 93.9 cm³/mol. The summed E-state index contributed by atoms with van der Waals surface area (Å²) in [6, 6.07) is 4.19. The molecule has 9 nitrogen and oxygen atoms in total. The molecule has 0 atom stereocenters. The zero-order valence-electron chi connectivity index (χ0n) is 15.4. The minimum absolute atomic E-state index is 0.128. The Morgan fingerprint density at radius 1 is 1.21 bits per heavy atom. The summed E-state index contributed by atoms with van der Waals surface area (Å²) in [6.07, 6.45) is -4.06. The van der Waals surface area contributed by atoms with Gasteiger partial charge in [-0.3, -0.25) is 4.57 Å². The number of halogens is 3. The number of carbonyl (C=O) groups is 1. The van der Waals surface area contributed by atoms with E-state index in [0.717, 1.165) is 11.7 Å². The van der Waals surface area contributed by atoms with Crippen LogP contribution >= 0.6 is 0 Å². The van der Waals surface area contributed by atoms with E-state index in [0.29, 0.717) is 34.6 Å². The summed E-state index contributed by atoms with van der Waals surface area (Å²) in [6.45, 7) is 0.694. The summed E-state index contributed by atoms with van der Waals surface area (Å²) in [5.74, 6) is -0.0928. The van der Waals surface area contributed by atoms with Gasteiger partial charge in [0.15, 0.2) is 11.5 Å². The molecule has 2 amide bonds. The molecule has 0 radical (unpaired) electrons. The molecular formula is C17H18F3N5O4. The Hall–Kier alpha value is -3.18. The fourth-order valence-corrected chi connectivity index (χ4v) is 3.43. The number of amides is 2. The van der Waals surface area contributed by atoms with Gasteiger partial charge in [0.2, 0.25) is 12.6 Å². The standard InChI is InChI=1S/C17H18F3N5O4/c1-23-14(17(18,19)20)22-25(16(23)27)11-4-6-24(7-5-11)15(26)21-10-2-3-12-13(8-10)29-9-28-12/h2-3,8,11H,4-7,9H2,1H3,(H,21,26). The van der Waals surface area contributed by atoms with E-state index in [1.54, 1.807) is 23.1 Å². The number of alkyl halides is 3. The fraction of sp³-hybridized carbons (Fsp3) is 0.471.